The van der Waals surface area contributed by atoms with Gasteiger partial charge in [-0.25, -0.2) is 14.1 Å². The molecule has 2 heterocycles. The number of hydrogen-bond acceptors (Lipinski definition) is 5. The highest BCUT2D eigenvalue weighted by atomic mass is 19.1. The number of aromatic nitrogens is 3. The Morgan fingerprint density at radius 1 is 1.21 bits per heavy atom. The number of benzene rings is 2. The number of aryl methyl sites for hydroxylation is 1. The lowest BCUT2D eigenvalue weighted by atomic mass is 10.00. The predicted octanol–water partition coefficient (Wildman–Crippen LogP) is 4.46. The normalized spacial score (nSPS) is 17.7. The van der Waals surface area contributed by atoms with Crippen molar-refractivity contribution in [2.75, 3.05) is 13.7 Å². The van der Waals surface area contributed by atoms with Crippen molar-refractivity contribution in [1.29, 1.82) is 0 Å². The maximum atomic E-state index is 13.4. The van der Waals surface area contributed by atoms with Crippen LogP contribution >= 0.6 is 0 Å². The Morgan fingerprint density at radius 2 is 1.94 bits per heavy atom. The van der Waals surface area contributed by atoms with E-state index in [0.717, 1.165) is 16.8 Å². The highest BCUT2D eigenvalue weighted by molar-refractivity contribution is 5.97. The maximum Gasteiger partial charge on any atom is 0.289 e. The molecule has 1 amide bonds. The van der Waals surface area contributed by atoms with Gasteiger partial charge in [0, 0.05) is 0 Å². The first-order valence-electron chi connectivity index (χ1n) is 10.7. The van der Waals surface area contributed by atoms with E-state index in [4.69, 9.17) is 9.47 Å². The largest absolute Gasteiger partial charge is 0.494 e. The van der Waals surface area contributed by atoms with E-state index in [2.05, 4.69) is 10.1 Å². The molecule has 8 heteroatoms. The summed E-state index contributed by atoms with van der Waals surface area (Å²) in [6, 6.07) is 11.5. The van der Waals surface area contributed by atoms with E-state index in [1.165, 1.54) is 12.1 Å². The summed E-state index contributed by atoms with van der Waals surface area (Å²) in [4.78, 5) is 19.3. The van der Waals surface area contributed by atoms with E-state index in [1.807, 2.05) is 45.9 Å². The van der Waals surface area contributed by atoms with E-state index in [0.29, 0.717) is 18.1 Å². The molecule has 172 valence electrons. The van der Waals surface area contributed by atoms with Crippen molar-refractivity contribution in [3.05, 3.63) is 77.3 Å². The summed E-state index contributed by atoms with van der Waals surface area (Å²) in [5.74, 6) is 0.960. The Morgan fingerprint density at radius 3 is 2.58 bits per heavy atom. The molecule has 2 aromatic carbocycles. The molecule has 33 heavy (non-hydrogen) atoms. The lowest BCUT2D eigenvalue weighted by molar-refractivity contribution is -0.149. The number of methoxy groups -OCH3 is 1. The molecular weight excluding hydrogens is 423 g/mol. The zero-order valence-corrected chi connectivity index (χ0v) is 19.4. The molecule has 1 aliphatic rings. The molecule has 3 aromatic rings. The number of halogens is 1. The minimum atomic E-state index is -0.587. The Bertz CT molecular complexity index is 1200. The fourth-order valence-corrected chi connectivity index (χ4v) is 3.91. The molecule has 0 spiro atoms. The van der Waals surface area contributed by atoms with Crippen molar-refractivity contribution in [2.45, 2.75) is 39.3 Å². The molecule has 1 aliphatic heterocycles. The van der Waals surface area contributed by atoms with Crippen LogP contribution in [0.4, 0.5) is 4.39 Å². The van der Waals surface area contributed by atoms with E-state index in [1.54, 1.807) is 41.2 Å². The molecule has 1 atom stereocenters. The monoisotopic (exact) mass is 450 g/mol. The Kier molecular flexibility index (Phi) is 5.93. The van der Waals surface area contributed by atoms with Crippen molar-refractivity contribution in [2.24, 2.45) is 0 Å². The lowest BCUT2D eigenvalue weighted by Crippen LogP contribution is -2.51. The zero-order chi connectivity index (χ0) is 23.8. The second kappa shape index (κ2) is 8.69. The number of carbonyl (C=O) groups is 1. The van der Waals surface area contributed by atoms with Gasteiger partial charge in [-0.1, -0.05) is 18.2 Å². The Hall–Kier alpha value is -3.68. The van der Waals surface area contributed by atoms with Gasteiger partial charge in [-0.2, -0.15) is 5.10 Å². The zero-order valence-electron chi connectivity index (χ0n) is 19.4. The first-order chi connectivity index (χ1) is 15.7. The molecule has 0 bridgehead atoms. The van der Waals surface area contributed by atoms with Crippen LogP contribution < -0.4 is 4.74 Å². The van der Waals surface area contributed by atoms with Crippen LogP contribution in [0.2, 0.25) is 0 Å². The number of rotatable bonds is 5. The second-order valence-corrected chi connectivity index (χ2v) is 8.70. The summed E-state index contributed by atoms with van der Waals surface area (Å²) >= 11 is 0. The van der Waals surface area contributed by atoms with Crippen molar-refractivity contribution in [1.82, 2.24) is 19.7 Å². The standard InChI is InChI=1S/C25H27FN4O3/c1-16(19-7-9-20(26)10-8-19)29-14-25(3,4)33-23(24(29)31)13-18-6-11-21(22(12-18)32-5)30-15-27-17(2)28-30/h6-13,15-16H,14H2,1-5H3/b23-13+/t16-/m0/s1. The van der Waals surface area contributed by atoms with Gasteiger partial charge in [-0.05, 0) is 69.2 Å². The summed E-state index contributed by atoms with van der Waals surface area (Å²) in [5, 5.41) is 4.33. The van der Waals surface area contributed by atoms with Crippen molar-refractivity contribution in [3.63, 3.8) is 0 Å². The summed E-state index contributed by atoms with van der Waals surface area (Å²) in [6.45, 7) is 8.04. The molecule has 4 rings (SSSR count). The third kappa shape index (κ3) is 4.74. The number of amides is 1. The van der Waals surface area contributed by atoms with Crippen LogP contribution in [0.5, 0.6) is 5.75 Å². The van der Waals surface area contributed by atoms with Crippen LogP contribution in [0, 0.1) is 12.7 Å². The van der Waals surface area contributed by atoms with Gasteiger partial charge in [0.25, 0.3) is 5.91 Å². The van der Waals surface area contributed by atoms with Crippen LogP contribution in [0.15, 0.2) is 54.6 Å². The minimum absolute atomic E-state index is 0.221. The average Bonchev–Trinajstić information content (AvgIpc) is 3.21. The van der Waals surface area contributed by atoms with Crippen LogP contribution in [0.1, 0.15) is 43.8 Å². The Balaban J connectivity index is 1.66. The third-order valence-electron chi connectivity index (χ3n) is 5.58. The molecule has 0 saturated carbocycles. The summed E-state index contributed by atoms with van der Waals surface area (Å²) in [7, 11) is 1.58. The number of nitrogens with zero attached hydrogens (tertiary/aromatic N) is 4. The van der Waals surface area contributed by atoms with Crippen molar-refractivity contribution in [3.8, 4) is 11.4 Å². The van der Waals surface area contributed by atoms with Crippen LogP contribution in [-0.2, 0) is 9.53 Å². The summed E-state index contributed by atoms with van der Waals surface area (Å²) < 4.78 is 26.6. The van der Waals surface area contributed by atoms with E-state index >= 15 is 0 Å². The van der Waals surface area contributed by atoms with E-state index in [9.17, 15) is 9.18 Å². The van der Waals surface area contributed by atoms with Crippen molar-refractivity contribution < 1.29 is 18.7 Å². The van der Waals surface area contributed by atoms with Gasteiger partial charge in [0.15, 0.2) is 5.76 Å². The highest BCUT2D eigenvalue weighted by Gasteiger charge is 2.39. The smallest absolute Gasteiger partial charge is 0.289 e. The fourth-order valence-electron chi connectivity index (χ4n) is 3.91. The third-order valence-corrected chi connectivity index (χ3v) is 5.58. The molecule has 0 unspecified atom stereocenters. The quantitative estimate of drug-likeness (QED) is 0.537. The predicted molar refractivity (Wildman–Crippen MR) is 122 cm³/mol. The number of ether oxygens (including phenoxy) is 2. The molecule has 1 saturated heterocycles. The average molecular weight is 451 g/mol. The topological polar surface area (TPSA) is 69.5 Å². The molecule has 1 fully saturated rings. The second-order valence-electron chi connectivity index (χ2n) is 8.70. The molecule has 7 nitrogen and oxygen atoms in total. The molecule has 0 radical (unpaired) electrons. The molecular formula is C25H27FN4O3. The van der Waals surface area contributed by atoms with Crippen LogP contribution in [-0.4, -0.2) is 44.8 Å². The van der Waals surface area contributed by atoms with Gasteiger partial charge in [0.05, 0.1) is 19.7 Å². The van der Waals surface area contributed by atoms with E-state index < -0.39 is 5.60 Å². The Labute approximate surface area is 192 Å². The number of morpholine rings is 1. The van der Waals surface area contributed by atoms with Gasteiger partial charge in [0.2, 0.25) is 0 Å². The van der Waals surface area contributed by atoms with Crippen LogP contribution in [0.25, 0.3) is 11.8 Å². The SMILES string of the molecule is COc1cc(/C=C2/OC(C)(C)CN([C@@H](C)c3ccc(F)cc3)C2=O)ccc1-n1cnc(C)n1. The molecule has 1 aromatic heterocycles. The van der Waals surface area contributed by atoms with Gasteiger partial charge < -0.3 is 14.4 Å². The maximum absolute atomic E-state index is 13.4. The minimum Gasteiger partial charge on any atom is -0.494 e. The first-order valence-corrected chi connectivity index (χ1v) is 10.7. The summed E-state index contributed by atoms with van der Waals surface area (Å²) in [5.41, 5.74) is 1.76. The van der Waals surface area contributed by atoms with E-state index in [-0.39, 0.29) is 23.5 Å². The van der Waals surface area contributed by atoms with Gasteiger partial charge in [0.1, 0.15) is 35.0 Å². The van der Waals surface area contributed by atoms with Gasteiger partial charge in [-0.15, -0.1) is 0 Å². The summed E-state index contributed by atoms with van der Waals surface area (Å²) in [6.07, 6.45) is 3.34. The molecule has 0 N–H and O–H groups in total. The number of hydrogen-bond donors (Lipinski definition) is 0. The first kappa shape index (κ1) is 22.5. The van der Waals surface area contributed by atoms with Gasteiger partial charge >= 0.3 is 0 Å². The number of carbonyl (C=O) groups excluding carboxylic acids is 1. The fraction of sp³-hybridized carbons (Fsp3) is 0.320. The van der Waals surface area contributed by atoms with Crippen LogP contribution in [0.3, 0.4) is 0 Å². The van der Waals surface area contributed by atoms with Crippen molar-refractivity contribution >= 4 is 12.0 Å². The lowest BCUT2D eigenvalue weighted by Gasteiger charge is -2.42. The highest BCUT2D eigenvalue weighted by Crippen LogP contribution is 2.33. The van der Waals surface area contributed by atoms with Gasteiger partial charge in [-0.3, -0.25) is 4.79 Å². The molecule has 0 aliphatic carbocycles.